The van der Waals surface area contributed by atoms with E-state index in [9.17, 15) is 9.90 Å². The largest absolute Gasteiger partial charge is 0.496 e. The van der Waals surface area contributed by atoms with Crippen LogP contribution < -0.4 is 4.74 Å². The number of aliphatic carboxylic acids is 1. The zero-order valence-corrected chi connectivity index (χ0v) is 14.9. The predicted octanol–water partition coefficient (Wildman–Crippen LogP) is 3.08. The van der Waals surface area contributed by atoms with Crippen molar-refractivity contribution < 1.29 is 14.6 Å². The normalized spacial score (nSPS) is 17.4. The molecule has 0 bridgehead atoms. The molecule has 6 nitrogen and oxygen atoms in total. The Morgan fingerprint density at radius 1 is 1.40 bits per heavy atom. The number of carbonyl (C=O) groups is 1. The first-order chi connectivity index (χ1) is 12.1. The highest BCUT2D eigenvalue weighted by molar-refractivity contribution is 6.31. The molecule has 0 amide bonds. The number of hydrogen-bond acceptors (Lipinski definition) is 4. The first kappa shape index (κ1) is 17.8. The number of benzene rings is 1. The van der Waals surface area contributed by atoms with E-state index >= 15 is 0 Å². The van der Waals surface area contributed by atoms with Gasteiger partial charge in [-0.1, -0.05) is 17.7 Å². The van der Waals surface area contributed by atoms with Gasteiger partial charge in [-0.15, -0.1) is 0 Å². The standard InChI is InChI=1S/C18H22ClN3O3/c1-25-15-5-2-4-14(19)16(15)17(18(23)24)21-10-6-13(7-11-21)12-22-9-3-8-20-22/h2-5,8-9,13,17H,6-7,10-12H2,1H3,(H,23,24)/t17-/m1/s1. The van der Waals surface area contributed by atoms with Crippen LogP contribution >= 0.6 is 11.6 Å². The summed E-state index contributed by atoms with van der Waals surface area (Å²) < 4.78 is 7.29. The topological polar surface area (TPSA) is 67.6 Å². The highest BCUT2D eigenvalue weighted by Gasteiger charge is 2.34. The minimum absolute atomic E-state index is 0.422. The van der Waals surface area contributed by atoms with Crippen LogP contribution in [0.5, 0.6) is 5.75 Å². The van der Waals surface area contributed by atoms with Crippen molar-refractivity contribution in [3.05, 3.63) is 47.2 Å². The Balaban J connectivity index is 1.74. The monoisotopic (exact) mass is 363 g/mol. The molecular formula is C18H22ClN3O3. The number of likely N-dealkylation sites (tertiary alicyclic amines) is 1. The number of ether oxygens (including phenoxy) is 1. The fourth-order valence-corrected chi connectivity index (χ4v) is 3.76. The summed E-state index contributed by atoms with van der Waals surface area (Å²) in [6, 6.07) is 6.34. The van der Waals surface area contributed by atoms with Crippen molar-refractivity contribution >= 4 is 17.6 Å². The second kappa shape index (κ2) is 7.89. The van der Waals surface area contributed by atoms with Crippen LogP contribution in [-0.4, -0.2) is 46.0 Å². The molecule has 0 radical (unpaired) electrons. The lowest BCUT2D eigenvalue weighted by molar-refractivity contribution is -0.144. The first-order valence-corrected chi connectivity index (χ1v) is 8.74. The number of halogens is 1. The third kappa shape index (κ3) is 3.96. The highest BCUT2D eigenvalue weighted by Crippen LogP contribution is 2.37. The molecule has 1 atom stereocenters. The van der Waals surface area contributed by atoms with Crippen LogP contribution in [0.15, 0.2) is 36.7 Å². The van der Waals surface area contributed by atoms with Crippen molar-refractivity contribution in [3.8, 4) is 5.75 Å². The van der Waals surface area contributed by atoms with E-state index in [0.29, 0.717) is 35.3 Å². The average molecular weight is 364 g/mol. The summed E-state index contributed by atoms with van der Waals surface area (Å²) in [4.78, 5) is 14.0. The van der Waals surface area contributed by atoms with Gasteiger partial charge in [-0.25, -0.2) is 0 Å². The van der Waals surface area contributed by atoms with Gasteiger partial charge in [0.1, 0.15) is 11.8 Å². The maximum absolute atomic E-state index is 12.0. The lowest BCUT2D eigenvalue weighted by Gasteiger charge is -2.36. The number of rotatable bonds is 6. The van der Waals surface area contributed by atoms with Crippen LogP contribution in [0.25, 0.3) is 0 Å². The van der Waals surface area contributed by atoms with Crippen molar-refractivity contribution in [3.63, 3.8) is 0 Å². The maximum Gasteiger partial charge on any atom is 0.325 e. The van der Waals surface area contributed by atoms with Crippen LogP contribution in [0, 0.1) is 5.92 Å². The summed E-state index contributed by atoms with van der Waals surface area (Å²) in [5, 5.41) is 14.5. The van der Waals surface area contributed by atoms with E-state index in [-0.39, 0.29) is 0 Å². The molecule has 1 saturated heterocycles. The quantitative estimate of drug-likeness (QED) is 0.854. The van der Waals surface area contributed by atoms with E-state index in [1.807, 2.05) is 21.8 Å². The van der Waals surface area contributed by atoms with E-state index in [0.717, 1.165) is 19.4 Å². The molecule has 25 heavy (non-hydrogen) atoms. The predicted molar refractivity (Wildman–Crippen MR) is 94.9 cm³/mol. The number of aromatic nitrogens is 2. The Kier molecular flexibility index (Phi) is 5.60. The highest BCUT2D eigenvalue weighted by atomic mass is 35.5. The third-order valence-corrected chi connectivity index (χ3v) is 5.09. The molecule has 1 fully saturated rings. The summed E-state index contributed by atoms with van der Waals surface area (Å²) in [6.45, 7) is 2.28. The lowest BCUT2D eigenvalue weighted by atomic mass is 9.94. The van der Waals surface area contributed by atoms with Gasteiger partial charge >= 0.3 is 5.97 Å². The molecular weight excluding hydrogens is 342 g/mol. The molecule has 0 saturated carbocycles. The SMILES string of the molecule is COc1cccc(Cl)c1[C@H](C(=O)O)N1CCC(Cn2cccn2)CC1. The summed E-state index contributed by atoms with van der Waals surface area (Å²) >= 11 is 6.31. The average Bonchev–Trinajstić information content (AvgIpc) is 3.10. The van der Waals surface area contributed by atoms with Gasteiger partial charge in [0.2, 0.25) is 0 Å². The van der Waals surface area contributed by atoms with E-state index < -0.39 is 12.0 Å². The molecule has 1 aromatic carbocycles. The van der Waals surface area contributed by atoms with Gasteiger partial charge in [-0.05, 0) is 50.0 Å². The van der Waals surface area contributed by atoms with Gasteiger partial charge in [-0.3, -0.25) is 14.4 Å². The number of carboxylic acids is 1. The molecule has 0 aliphatic carbocycles. The summed E-state index contributed by atoms with van der Waals surface area (Å²) in [5.41, 5.74) is 0.532. The summed E-state index contributed by atoms with van der Waals surface area (Å²) in [5.74, 6) is 0.106. The smallest absolute Gasteiger partial charge is 0.325 e. The maximum atomic E-state index is 12.0. The van der Waals surface area contributed by atoms with Crippen molar-refractivity contribution in [2.45, 2.75) is 25.4 Å². The second-order valence-electron chi connectivity index (χ2n) is 6.30. The molecule has 3 rings (SSSR count). The third-order valence-electron chi connectivity index (χ3n) is 4.76. The Morgan fingerprint density at radius 3 is 2.76 bits per heavy atom. The number of hydrogen-bond donors (Lipinski definition) is 1. The van der Waals surface area contributed by atoms with Crippen LogP contribution in [0.4, 0.5) is 0 Å². The molecule has 0 unspecified atom stereocenters. The molecule has 1 aliphatic rings. The second-order valence-corrected chi connectivity index (χ2v) is 6.71. The number of nitrogens with zero attached hydrogens (tertiary/aromatic N) is 3. The van der Waals surface area contributed by atoms with Crippen LogP contribution in [0.1, 0.15) is 24.4 Å². The molecule has 2 heterocycles. The minimum Gasteiger partial charge on any atom is -0.496 e. The summed E-state index contributed by atoms with van der Waals surface area (Å²) in [6.07, 6.45) is 5.59. The Bertz CT molecular complexity index is 712. The molecule has 7 heteroatoms. The van der Waals surface area contributed by atoms with Crippen LogP contribution in [-0.2, 0) is 11.3 Å². The molecule has 1 N–H and O–H groups in total. The molecule has 0 spiro atoms. The van der Waals surface area contributed by atoms with Gasteiger partial charge < -0.3 is 9.84 Å². The molecule has 134 valence electrons. The number of piperidine rings is 1. The van der Waals surface area contributed by atoms with Gasteiger partial charge in [0, 0.05) is 29.5 Å². The van der Waals surface area contributed by atoms with Crippen LogP contribution in [0.3, 0.4) is 0 Å². The van der Waals surface area contributed by atoms with E-state index in [1.54, 1.807) is 24.4 Å². The first-order valence-electron chi connectivity index (χ1n) is 8.37. The van der Waals surface area contributed by atoms with Crippen molar-refractivity contribution in [2.24, 2.45) is 5.92 Å². The number of carboxylic acid groups (broad SMARTS) is 1. The fourth-order valence-electron chi connectivity index (χ4n) is 3.49. The Morgan fingerprint density at radius 2 is 2.16 bits per heavy atom. The van der Waals surface area contributed by atoms with Crippen molar-refractivity contribution in [1.29, 1.82) is 0 Å². The van der Waals surface area contributed by atoms with E-state index in [4.69, 9.17) is 16.3 Å². The van der Waals surface area contributed by atoms with Gasteiger partial charge in [-0.2, -0.15) is 5.10 Å². The Hall–Kier alpha value is -2.05. The van der Waals surface area contributed by atoms with Gasteiger partial charge in [0.05, 0.1) is 7.11 Å². The van der Waals surface area contributed by atoms with E-state index in [1.165, 1.54) is 7.11 Å². The number of methoxy groups -OCH3 is 1. The van der Waals surface area contributed by atoms with Crippen molar-refractivity contribution in [2.75, 3.05) is 20.2 Å². The fraction of sp³-hybridized carbons (Fsp3) is 0.444. The Labute approximate surface area is 152 Å². The minimum atomic E-state index is -0.906. The van der Waals surface area contributed by atoms with Crippen molar-refractivity contribution in [1.82, 2.24) is 14.7 Å². The zero-order valence-electron chi connectivity index (χ0n) is 14.1. The zero-order chi connectivity index (χ0) is 17.8. The van der Waals surface area contributed by atoms with E-state index in [2.05, 4.69) is 5.10 Å². The molecule has 1 aliphatic heterocycles. The van der Waals surface area contributed by atoms with Gasteiger partial charge in [0.15, 0.2) is 0 Å². The van der Waals surface area contributed by atoms with Gasteiger partial charge in [0.25, 0.3) is 0 Å². The lowest BCUT2D eigenvalue weighted by Crippen LogP contribution is -2.41. The molecule has 1 aromatic heterocycles. The van der Waals surface area contributed by atoms with Crippen LogP contribution in [0.2, 0.25) is 5.02 Å². The summed E-state index contributed by atoms with van der Waals surface area (Å²) in [7, 11) is 1.53. The molecule has 2 aromatic rings.